The molecule has 0 amide bonds. The molecule has 0 unspecified atom stereocenters. The van der Waals surface area contributed by atoms with Crippen molar-refractivity contribution < 1.29 is 13.2 Å². The number of nitrogens with zero attached hydrogens (tertiary/aromatic N) is 2. The van der Waals surface area contributed by atoms with Crippen molar-refractivity contribution in [2.75, 3.05) is 17.9 Å². The molecule has 1 saturated heterocycles. The lowest BCUT2D eigenvalue weighted by molar-refractivity contribution is 0.0984. The van der Waals surface area contributed by atoms with Crippen LogP contribution in [-0.4, -0.2) is 36.7 Å². The van der Waals surface area contributed by atoms with E-state index in [2.05, 4.69) is 9.82 Å². The monoisotopic (exact) mass is 274 g/mol. The van der Waals surface area contributed by atoms with Crippen LogP contribution in [0.2, 0.25) is 0 Å². The molecule has 1 fully saturated rings. The largest absolute Gasteiger partial charge is 0.381 e. The van der Waals surface area contributed by atoms with Crippen molar-refractivity contribution in [3.05, 3.63) is 11.8 Å². The number of hydrogen-bond donors (Lipinski definition) is 2. The zero-order valence-corrected chi connectivity index (χ0v) is 11.1. The minimum Gasteiger partial charge on any atom is -0.381 e. The SMILES string of the molecule is Cn1ncc(CN)c1NS(=O)(=O)C1CCOCC1. The highest BCUT2D eigenvalue weighted by Crippen LogP contribution is 2.21. The lowest BCUT2D eigenvalue weighted by Crippen LogP contribution is -2.34. The topological polar surface area (TPSA) is 99.2 Å². The second-order valence-corrected chi connectivity index (χ2v) is 6.27. The van der Waals surface area contributed by atoms with Gasteiger partial charge in [-0.2, -0.15) is 5.10 Å². The zero-order valence-electron chi connectivity index (χ0n) is 10.3. The van der Waals surface area contributed by atoms with Gasteiger partial charge >= 0.3 is 0 Å². The Hall–Kier alpha value is -1.12. The van der Waals surface area contributed by atoms with Crippen molar-refractivity contribution in [2.45, 2.75) is 24.6 Å². The van der Waals surface area contributed by atoms with E-state index >= 15 is 0 Å². The zero-order chi connectivity index (χ0) is 13.2. The summed E-state index contributed by atoms with van der Waals surface area (Å²) in [7, 11) is -1.73. The van der Waals surface area contributed by atoms with E-state index in [1.165, 1.54) is 4.68 Å². The molecule has 0 aromatic carbocycles. The van der Waals surface area contributed by atoms with Gasteiger partial charge in [0.05, 0.1) is 11.4 Å². The Balaban J connectivity index is 2.18. The molecule has 0 atom stereocenters. The van der Waals surface area contributed by atoms with Crippen molar-refractivity contribution in [2.24, 2.45) is 12.8 Å². The van der Waals surface area contributed by atoms with Crippen LogP contribution in [0.3, 0.4) is 0 Å². The first-order valence-electron chi connectivity index (χ1n) is 5.85. The Bertz CT molecular complexity index is 505. The standard InChI is InChI=1S/C10H18N4O3S/c1-14-10(8(6-11)7-12-14)13-18(15,16)9-2-4-17-5-3-9/h7,9,13H,2-6,11H2,1H3. The first kappa shape index (κ1) is 13.3. The summed E-state index contributed by atoms with van der Waals surface area (Å²) in [5.41, 5.74) is 6.24. The molecule has 2 rings (SSSR count). The summed E-state index contributed by atoms with van der Waals surface area (Å²) in [6.07, 6.45) is 2.61. The molecule has 1 aromatic heterocycles. The molecule has 18 heavy (non-hydrogen) atoms. The van der Waals surface area contributed by atoms with E-state index in [-0.39, 0.29) is 6.54 Å². The molecule has 0 saturated carbocycles. The number of ether oxygens (including phenoxy) is 1. The number of aromatic nitrogens is 2. The molecule has 1 aromatic rings. The third kappa shape index (κ3) is 2.65. The minimum atomic E-state index is -3.41. The molecule has 8 heteroatoms. The van der Waals surface area contributed by atoms with Crippen LogP contribution in [0.5, 0.6) is 0 Å². The van der Waals surface area contributed by atoms with Crippen molar-refractivity contribution in [1.29, 1.82) is 0 Å². The average molecular weight is 274 g/mol. The lowest BCUT2D eigenvalue weighted by Gasteiger charge is -2.23. The summed E-state index contributed by atoms with van der Waals surface area (Å²) in [4.78, 5) is 0. The predicted octanol–water partition coefficient (Wildman–Crippen LogP) is -0.200. The molecule has 7 nitrogen and oxygen atoms in total. The van der Waals surface area contributed by atoms with Gasteiger partial charge in [-0.15, -0.1) is 0 Å². The molecule has 0 bridgehead atoms. The average Bonchev–Trinajstić information content (AvgIpc) is 2.71. The molecule has 1 aliphatic heterocycles. The van der Waals surface area contributed by atoms with Gasteiger partial charge in [0.25, 0.3) is 0 Å². The summed E-state index contributed by atoms with van der Waals surface area (Å²) in [5, 5.41) is 3.59. The van der Waals surface area contributed by atoms with Crippen LogP contribution in [0.1, 0.15) is 18.4 Å². The summed E-state index contributed by atoms with van der Waals surface area (Å²) >= 11 is 0. The van der Waals surface area contributed by atoms with Crippen molar-refractivity contribution in [3.63, 3.8) is 0 Å². The van der Waals surface area contributed by atoms with E-state index in [9.17, 15) is 8.42 Å². The fraction of sp³-hybridized carbons (Fsp3) is 0.700. The summed E-state index contributed by atoms with van der Waals surface area (Å²) in [5.74, 6) is 0.448. The first-order chi connectivity index (χ1) is 8.54. The molecule has 3 N–H and O–H groups in total. The van der Waals surface area contributed by atoms with Gasteiger partial charge in [0.15, 0.2) is 0 Å². The predicted molar refractivity (Wildman–Crippen MR) is 67.5 cm³/mol. The molecule has 0 radical (unpaired) electrons. The number of hydrogen-bond acceptors (Lipinski definition) is 5. The van der Waals surface area contributed by atoms with Crippen LogP contribution in [0.25, 0.3) is 0 Å². The maximum atomic E-state index is 12.2. The normalized spacial score (nSPS) is 17.9. The van der Waals surface area contributed by atoms with Crippen LogP contribution in [0.4, 0.5) is 5.82 Å². The minimum absolute atomic E-state index is 0.249. The number of rotatable bonds is 4. The molecular weight excluding hydrogens is 256 g/mol. The Morgan fingerprint density at radius 2 is 2.22 bits per heavy atom. The Labute approximate surface area is 106 Å². The van der Waals surface area contributed by atoms with Crippen molar-refractivity contribution >= 4 is 15.8 Å². The highest BCUT2D eigenvalue weighted by atomic mass is 32.2. The molecular formula is C10H18N4O3S. The quantitative estimate of drug-likeness (QED) is 0.792. The van der Waals surface area contributed by atoms with Gasteiger partial charge in [-0.05, 0) is 12.8 Å². The number of anilines is 1. The van der Waals surface area contributed by atoms with Crippen LogP contribution in [0.15, 0.2) is 6.20 Å². The highest BCUT2D eigenvalue weighted by molar-refractivity contribution is 7.93. The summed E-state index contributed by atoms with van der Waals surface area (Å²) < 4.78 is 33.7. The Morgan fingerprint density at radius 3 is 2.83 bits per heavy atom. The van der Waals surface area contributed by atoms with Crippen molar-refractivity contribution in [3.8, 4) is 0 Å². The van der Waals surface area contributed by atoms with E-state index in [1.807, 2.05) is 0 Å². The van der Waals surface area contributed by atoms with Gasteiger partial charge in [0.2, 0.25) is 10.0 Å². The van der Waals surface area contributed by atoms with E-state index in [4.69, 9.17) is 10.5 Å². The van der Waals surface area contributed by atoms with E-state index in [0.717, 1.165) is 0 Å². The van der Waals surface area contributed by atoms with Crippen LogP contribution >= 0.6 is 0 Å². The van der Waals surface area contributed by atoms with Gasteiger partial charge < -0.3 is 10.5 Å². The van der Waals surface area contributed by atoms with E-state index in [0.29, 0.717) is 37.4 Å². The summed E-state index contributed by atoms with van der Waals surface area (Å²) in [6.45, 7) is 1.22. The third-order valence-corrected chi connectivity index (χ3v) is 4.91. The van der Waals surface area contributed by atoms with Gasteiger partial charge in [-0.3, -0.25) is 9.40 Å². The first-order valence-corrected chi connectivity index (χ1v) is 7.39. The van der Waals surface area contributed by atoms with Crippen LogP contribution in [-0.2, 0) is 28.4 Å². The number of aryl methyl sites for hydroxylation is 1. The van der Waals surface area contributed by atoms with Gasteiger partial charge in [0, 0.05) is 32.4 Å². The van der Waals surface area contributed by atoms with Gasteiger partial charge in [0.1, 0.15) is 5.82 Å². The van der Waals surface area contributed by atoms with Gasteiger partial charge in [-0.25, -0.2) is 8.42 Å². The van der Waals surface area contributed by atoms with E-state index < -0.39 is 15.3 Å². The second kappa shape index (κ2) is 5.25. The Morgan fingerprint density at radius 1 is 1.56 bits per heavy atom. The summed E-state index contributed by atoms with van der Waals surface area (Å²) in [6, 6.07) is 0. The fourth-order valence-electron chi connectivity index (χ4n) is 1.97. The third-order valence-electron chi connectivity index (χ3n) is 3.08. The van der Waals surface area contributed by atoms with E-state index in [1.54, 1.807) is 13.2 Å². The Kier molecular flexibility index (Phi) is 3.88. The molecule has 1 aliphatic rings. The number of nitrogens with one attached hydrogen (secondary N) is 1. The molecule has 2 heterocycles. The smallest absolute Gasteiger partial charge is 0.236 e. The lowest BCUT2D eigenvalue weighted by atomic mass is 10.2. The van der Waals surface area contributed by atoms with Crippen molar-refractivity contribution in [1.82, 2.24) is 9.78 Å². The fourth-order valence-corrected chi connectivity index (χ4v) is 3.48. The molecule has 102 valence electrons. The maximum absolute atomic E-state index is 12.2. The molecule has 0 spiro atoms. The molecule has 0 aliphatic carbocycles. The highest BCUT2D eigenvalue weighted by Gasteiger charge is 2.29. The van der Waals surface area contributed by atoms with Crippen LogP contribution < -0.4 is 10.5 Å². The maximum Gasteiger partial charge on any atom is 0.236 e. The van der Waals surface area contributed by atoms with Crippen LogP contribution in [0, 0.1) is 0 Å². The number of sulfonamides is 1. The second-order valence-electron chi connectivity index (χ2n) is 4.30. The number of nitrogens with two attached hydrogens (primary N) is 1. The van der Waals surface area contributed by atoms with Gasteiger partial charge in [-0.1, -0.05) is 0 Å².